The predicted molar refractivity (Wildman–Crippen MR) is 156 cm³/mol. The van der Waals surface area contributed by atoms with Crippen molar-refractivity contribution in [3.05, 3.63) is 76.0 Å². The van der Waals surface area contributed by atoms with E-state index in [1.807, 2.05) is 51.1 Å². The van der Waals surface area contributed by atoms with Crippen molar-refractivity contribution in [2.45, 2.75) is 90.8 Å². The van der Waals surface area contributed by atoms with Crippen LogP contribution in [0.5, 0.6) is 0 Å². The molecule has 0 spiro atoms. The number of amides is 1. The average Bonchev–Trinajstić information content (AvgIpc) is 3.48. The first kappa shape index (κ1) is 26.2. The van der Waals surface area contributed by atoms with Gasteiger partial charge in [-0.05, 0) is 106 Å². The second kappa shape index (κ2) is 10.5. The van der Waals surface area contributed by atoms with E-state index in [1.54, 1.807) is 0 Å². The van der Waals surface area contributed by atoms with Gasteiger partial charge in [-0.3, -0.25) is 19.5 Å². The molecule has 204 valence electrons. The first-order chi connectivity index (χ1) is 18.8. The van der Waals surface area contributed by atoms with Crippen LogP contribution in [0.25, 0.3) is 10.9 Å². The molecular weight excluding hydrogens is 482 g/mol. The van der Waals surface area contributed by atoms with Gasteiger partial charge < -0.3 is 5.32 Å². The first-order valence-electron chi connectivity index (χ1n) is 14.9. The van der Waals surface area contributed by atoms with Gasteiger partial charge in [0.05, 0.1) is 5.52 Å². The van der Waals surface area contributed by atoms with E-state index in [1.165, 1.54) is 43.2 Å². The highest BCUT2D eigenvalue weighted by Crippen LogP contribution is 2.53. The number of hydrogen-bond acceptors (Lipinski definition) is 4. The fraction of sp³-hybridized carbons (Fsp3) is 0.500. The maximum atomic E-state index is 13.2. The third-order valence-corrected chi connectivity index (χ3v) is 9.55. The summed E-state index contributed by atoms with van der Waals surface area (Å²) in [6.45, 7) is 9.13. The predicted octanol–water partition coefficient (Wildman–Crippen LogP) is 7.26. The van der Waals surface area contributed by atoms with Crippen molar-refractivity contribution in [3.8, 4) is 0 Å². The average molecular weight is 524 g/mol. The van der Waals surface area contributed by atoms with E-state index in [0.29, 0.717) is 18.0 Å². The number of ketones is 1. The molecular formula is C34H41N3O2. The molecule has 0 unspecified atom stereocenters. The number of benzene rings is 2. The standard InChI is InChI=1S/C34H41N3O2/c1-20(2)33(38)24-9-14-26-29(19-24)31-16-15-30(26)37(31)18-17-23-7-10-25(11-8-23)36-34(39)28-12-5-21(3)32-27(28)13-6-22(4)35-32/h5-6,9,12-14,19-20,23,25,30-31H,7-8,10-11,15-18H2,1-4H3,(H,36,39)/t23?,25?,30-,31+/m0/s1. The van der Waals surface area contributed by atoms with Crippen LogP contribution in [0.2, 0.25) is 0 Å². The highest BCUT2D eigenvalue weighted by Gasteiger charge is 2.43. The minimum atomic E-state index is 0.0239. The van der Waals surface area contributed by atoms with Crippen LogP contribution >= 0.6 is 0 Å². The number of aromatic nitrogens is 1. The Kier molecular flexibility index (Phi) is 7.05. The lowest BCUT2D eigenvalue weighted by atomic mass is 9.84. The second-order valence-corrected chi connectivity index (χ2v) is 12.5. The lowest BCUT2D eigenvalue weighted by Gasteiger charge is -2.31. The van der Waals surface area contributed by atoms with Gasteiger partial charge >= 0.3 is 0 Å². The maximum absolute atomic E-state index is 13.2. The van der Waals surface area contributed by atoms with Crippen molar-refractivity contribution < 1.29 is 9.59 Å². The number of carbonyl (C=O) groups excluding carboxylic acids is 2. The summed E-state index contributed by atoms with van der Waals surface area (Å²) in [7, 11) is 0. The molecule has 6 rings (SSSR count). The Morgan fingerprint density at radius 3 is 2.41 bits per heavy atom. The van der Waals surface area contributed by atoms with Crippen LogP contribution < -0.4 is 5.32 Å². The van der Waals surface area contributed by atoms with Gasteiger partial charge in [0, 0.05) is 46.3 Å². The highest BCUT2D eigenvalue weighted by molar-refractivity contribution is 6.07. The van der Waals surface area contributed by atoms with E-state index in [-0.39, 0.29) is 23.7 Å². The molecule has 1 saturated heterocycles. The summed E-state index contributed by atoms with van der Waals surface area (Å²) in [4.78, 5) is 33.2. The summed E-state index contributed by atoms with van der Waals surface area (Å²) < 4.78 is 0. The molecule has 0 radical (unpaired) electrons. The first-order valence-corrected chi connectivity index (χ1v) is 14.9. The van der Waals surface area contributed by atoms with Gasteiger partial charge in [0.2, 0.25) is 0 Å². The molecule has 1 aliphatic carbocycles. The summed E-state index contributed by atoms with van der Waals surface area (Å²) >= 11 is 0. The SMILES string of the molecule is Cc1ccc2c(C(=O)NC3CCC(CCN4[C@@H]5CC[C@H]4c4ccc(C(=O)C(C)C)cc45)CC3)ccc(C)c2n1. The zero-order valence-electron chi connectivity index (χ0n) is 23.8. The second-order valence-electron chi connectivity index (χ2n) is 12.5. The Bertz CT molecular complexity index is 1420. The van der Waals surface area contributed by atoms with Gasteiger partial charge in [-0.15, -0.1) is 0 Å². The minimum Gasteiger partial charge on any atom is -0.349 e. The summed E-state index contributed by atoms with van der Waals surface area (Å²) in [6.07, 6.45) is 8.09. The number of pyridine rings is 1. The van der Waals surface area contributed by atoms with E-state index in [2.05, 4.69) is 34.3 Å². The largest absolute Gasteiger partial charge is 0.349 e. The summed E-state index contributed by atoms with van der Waals surface area (Å²) in [5.41, 5.74) is 7.45. The van der Waals surface area contributed by atoms with Crippen molar-refractivity contribution in [3.63, 3.8) is 0 Å². The molecule has 3 aromatic rings. The fourth-order valence-electron chi connectivity index (χ4n) is 7.34. The Hall–Kier alpha value is -3.05. The van der Waals surface area contributed by atoms with Crippen LogP contribution in [-0.4, -0.2) is 34.2 Å². The van der Waals surface area contributed by atoms with Gasteiger partial charge in [-0.25, -0.2) is 0 Å². The normalized spacial score (nSPS) is 24.3. The Balaban J connectivity index is 1.03. The van der Waals surface area contributed by atoms with E-state index in [0.717, 1.165) is 52.7 Å². The van der Waals surface area contributed by atoms with Crippen LogP contribution in [0, 0.1) is 25.7 Å². The van der Waals surface area contributed by atoms with Crippen LogP contribution in [-0.2, 0) is 0 Å². The zero-order chi connectivity index (χ0) is 27.3. The number of hydrogen-bond donors (Lipinski definition) is 1. The fourth-order valence-corrected chi connectivity index (χ4v) is 7.34. The van der Waals surface area contributed by atoms with Gasteiger partial charge in [-0.2, -0.15) is 0 Å². The molecule has 2 bridgehead atoms. The topological polar surface area (TPSA) is 62.3 Å². The van der Waals surface area contributed by atoms with Crippen LogP contribution in [0.1, 0.15) is 114 Å². The number of carbonyl (C=O) groups is 2. The van der Waals surface area contributed by atoms with Crippen molar-refractivity contribution in [2.24, 2.45) is 11.8 Å². The summed E-state index contributed by atoms with van der Waals surface area (Å²) in [5, 5.41) is 4.27. The molecule has 2 atom stereocenters. The van der Waals surface area contributed by atoms with Crippen molar-refractivity contribution >= 4 is 22.6 Å². The molecule has 2 fully saturated rings. The number of rotatable bonds is 7. The van der Waals surface area contributed by atoms with Gasteiger partial charge in [0.1, 0.15) is 0 Å². The smallest absolute Gasteiger partial charge is 0.252 e. The quantitative estimate of drug-likeness (QED) is 0.331. The Labute approximate surface area is 232 Å². The van der Waals surface area contributed by atoms with Crippen molar-refractivity contribution in [1.82, 2.24) is 15.2 Å². The minimum absolute atomic E-state index is 0.0239. The van der Waals surface area contributed by atoms with Crippen LogP contribution in [0.4, 0.5) is 0 Å². The van der Waals surface area contributed by atoms with Gasteiger partial charge in [0.25, 0.3) is 5.91 Å². The third kappa shape index (κ3) is 4.91. The van der Waals surface area contributed by atoms with Gasteiger partial charge in [-0.1, -0.05) is 38.1 Å². The van der Waals surface area contributed by atoms with Crippen LogP contribution in [0.15, 0.2) is 42.5 Å². The summed E-state index contributed by atoms with van der Waals surface area (Å²) in [5.74, 6) is 1.02. The lowest BCUT2D eigenvalue weighted by molar-refractivity contribution is 0.0917. The zero-order valence-corrected chi connectivity index (χ0v) is 23.8. The molecule has 5 heteroatoms. The van der Waals surface area contributed by atoms with Crippen LogP contribution in [0.3, 0.4) is 0 Å². The molecule has 1 N–H and O–H groups in total. The molecule has 1 aromatic heterocycles. The number of fused-ring (bicyclic) bond motifs is 6. The molecule has 2 aliphatic heterocycles. The highest BCUT2D eigenvalue weighted by atomic mass is 16.1. The molecule has 1 saturated carbocycles. The van der Waals surface area contributed by atoms with E-state index < -0.39 is 0 Å². The van der Waals surface area contributed by atoms with E-state index in [9.17, 15) is 9.59 Å². The molecule has 39 heavy (non-hydrogen) atoms. The van der Waals surface area contributed by atoms with E-state index >= 15 is 0 Å². The Morgan fingerprint density at radius 1 is 0.923 bits per heavy atom. The molecule has 3 heterocycles. The van der Waals surface area contributed by atoms with E-state index in [4.69, 9.17) is 0 Å². The number of aryl methyl sites for hydroxylation is 2. The summed E-state index contributed by atoms with van der Waals surface area (Å²) in [6, 6.07) is 15.7. The molecule has 3 aliphatic rings. The lowest BCUT2D eigenvalue weighted by Crippen LogP contribution is -2.38. The number of Topliss-reactive ketones (excluding diaryl/α,β-unsaturated/α-hetero) is 1. The molecule has 1 amide bonds. The van der Waals surface area contributed by atoms with Crippen molar-refractivity contribution in [2.75, 3.05) is 6.54 Å². The maximum Gasteiger partial charge on any atom is 0.252 e. The molecule has 5 nitrogen and oxygen atoms in total. The monoisotopic (exact) mass is 523 g/mol. The number of nitrogens with one attached hydrogen (secondary N) is 1. The van der Waals surface area contributed by atoms with Crippen molar-refractivity contribution in [1.29, 1.82) is 0 Å². The number of nitrogens with zero attached hydrogens (tertiary/aromatic N) is 2. The molecule has 2 aromatic carbocycles. The van der Waals surface area contributed by atoms with Gasteiger partial charge in [0.15, 0.2) is 5.78 Å². The Morgan fingerprint density at radius 2 is 1.67 bits per heavy atom. The third-order valence-electron chi connectivity index (χ3n) is 9.55.